The number of carboxylic acid groups (broad SMARTS) is 1. The summed E-state index contributed by atoms with van der Waals surface area (Å²) in [7, 11) is 3.02. The molecule has 0 spiro atoms. The van der Waals surface area contributed by atoms with Gasteiger partial charge in [-0.1, -0.05) is 33.7 Å². The Hall–Kier alpha value is -1.15. The van der Waals surface area contributed by atoms with E-state index in [0.717, 1.165) is 5.56 Å². The van der Waals surface area contributed by atoms with Crippen LogP contribution in [-0.4, -0.2) is 40.2 Å². The number of hydrogen-bond donors (Lipinski definition) is 2. The molecule has 0 unspecified atom stereocenters. The Labute approximate surface area is 119 Å². The summed E-state index contributed by atoms with van der Waals surface area (Å²) in [5.74, 6) is 0.497. The van der Waals surface area contributed by atoms with Crippen LogP contribution < -0.4 is 5.32 Å². The first-order chi connectivity index (χ1) is 9.15. The Morgan fingerprint density at radius 1 is 1.42 bits per heavy atom. The molecular formula is C11H16N2O4S2. The predicted octanol–water partition coefficient (Wildman–Crippen LogP) is 1.82. The molecular weight excluding hydrogens is 288 g/mol. The van der Waals surface area contributed by atoms with Gasteiger partial charge in [0.2, 0.25) is 5.76 Å². The smallest absolute Gasteiger partial charge is 0.304 e. The second kappa shape index (κ2) is 8.87. The highest BCUT2D eigenvalue weighted by Crippen LogP contribution is 2.21. The Balaban J connectivity index is 2.13. The fourth-order valence-corrected chi connectivity index (χ4v) is 3.12. The highest BCUT2D eigenvalue weighted by atomic mass is 33.1. The van der Waals surface area contributed by atoms with Gasteiger partial charge in [-0.15, -0.1) is 0 Å². The Kier molecular flexibility index (Phi) is 7.42. The first-order valence-electron chi connectivity index (χ1n) is 5.83. The topological polar surface area (TPSA) is 92.4 Å². The van der Waals surface area contributed by atoms with Gasteiger partial charge < -0.3 is 14.9 Å². The van der Waals surface area contributed by atoms with Crippen LogP contribution in [0.15, 0.2) is 10.7 Å². The van der Waals surface area contributed by atoms with E-state index in [9.17, 15) is 9.59 Å². The number of hydrogen-bond acceptors (Lipinski definition) is 6. The van der Waals surface area contributed by atoms with Gasteiger partial charge in [-0.2, -0.15) is 0 Å². The molecule has 0 bridgehead atoms. The molecule has 19 heavy (non-hydrogen) atoms. The van der Waals surface area contributed by atoms with Gasteiger partial charge in [-0.3, -0.25) is 9.59 Å². The molecule has 6 nitrogen and oxygen atoms in total. The molecule has 8 heteroatoms. The van der Waals surface area contributed by atoms with Gasteiger partial charge in [-0.05, 0) is 6.42 Å². The maximum Gasteiger partial charge on any atom is 0.304 e. The van der Waals surface area contributed by atoms with Crippen LogP contribution in [0.25, 0.3) is 0 Å². The zero-order valence-corrected chi connectivity index (χ0v) is 12.2. The average molecular weight is 304 g/mol. The summed E-state index contributed by atoms with van der Waals surface area (Å²) >= 11 is 0. The molecule has 0 saturated heterocycles. The Morgan fingerprint density at radius 2 is 2.16 bits per heavy atom. The molecule has 0 aliphatic carbocycles. The number of carbonyl (C=O) groups excluding carboxylic acids is 1. The van der Waals surface area contributed by atoms with Crippen LogP contribution in [0, 0.1) is 0 Å². The number of nitrogens with zero attached hydrogens (tertiary/aromatic N) is 1. The molecule has 0 aliphatic heterocycles. The second-order valence-electron chi connectivity index (χ2n) is 3.58. The summed E-state index contributed by atoms with van der Waals surface area (Å²) in [4.78, 5) is 22.0. The monoisotopic (exact) mass is 304 g/mol. The highest BCUT2D eigenvalue weighted by molar-refractivity contribution is 8.76. The van der Waals surface area contributed by atoms with Crippen LogP contribution >= 0.6 is 21.6 Å². The number of aromatic nitrogens is 1. The Morgan fingerprint density at radius 3 is 2.84 bits per heavy atom. The van der Waals surface area contributed by atoms with Crippen molar-refractivity contribution >= 4 is 33.5 Å². The number of amides is 1. The first kappa shape index (κ1) is 15.9. The molecule has 2 N–H and O–H groups in total. The highest BCUT2D eigenvalue weighted by Gasteiger charge is 2.14. The first-order valence-corrected chi connectivity index (χ1v) is 8.32. The fourth-order valence-electron chi connectivity index (χ4n) is 1.23. The van der Waals surface area contributed by atoms with Crippen molar-refractivity contribution < 1.29 is 19.2 Å². The van der Waals surface area contributed by atoms with Crippen molar-refractivity contribution in [2.75, 3.05) is 18.1 Å². The van der Waals surface area contributed by atoms with Crippen molar-refractivity contribution in [2.24, 2.45) is 0 Å². The predicted molar refractivity (Wildman–Crippen MR) is 75.4 cm³/mol. The van der Waals surface area contributed by atoms with Crippen molar-refractivity contribution in [1.82, 2.24) is 10.5 Å². The number of aryl methyl sites for hydroxylation is 1. The molecule has 1 aromatic heterocycles. The minimum absolute atomic E-state index is 0.155. The van der Waals surface area contributed by atoms with Crippen molar-refractivity contribution in [2.45, 2.75) is 19.8 Å². The summed E-state index contributed by atoms with van der Waals surface area (Å²) in [6.07, 6.45) is 2.40. The molecule has 106 valence electrons. The van der Waals surface area contributed by atoms with Crippen LogP contribution in [-0.2, 0) is 11.2 Å². The minimum Gasteiger partial charge on any atom is -0.481 e. The van der Waals surface area contributed by atoms with E-state index in [2.05, 4.69) is 10.5 Å². The minimum atomic E-state index is -0.793. The van der Waals surface area contributed by atoms with Crippen molar-refractivity contribution in [1.29, 1.82) is 0 Å². The van der Waals surface area contributed by atoms with Crippen LogP contribution in [0.1, 0.15) is 29.5 Å². The Bertz CT molecular complexity index is 423. The summed E-state index contributed by atoms with van der Waals surface area (Å²) in [6.45, 7) is 2.44. The summed E-state index contributed by atoms with van der Waals surface area (Å²) < 4.78 is 4.90. The summed E-state index contributed by atoms with van der Waals surface area (Å²) in [5.41, 5.74) is 0.793. The zero-order valence-electron chi connectivity index (χ0n) is 10.5. The van der Waals surface area contributed by atoms with Gasteiger partial charge in [0, 0.05) is 23.6 Å². The van der Waals surface area contributed by atoms with Crippen molar-refractivity contribution in [3.8, 4) is 0 Å². The number of carbonyl (C=O) groups is 2. The third-order valence-electron chi connectivity index (χ3n) is 2.18. The molecule has 1 rings (SSSR count). The SMILES string of the molecule is CCc1cnoc1C(=O)NCCSSCCC(=O)O. The van der Waals surface area contributed by atoms with E-state index in [0.29, 0.717) is 24.5 Å². The van der Waals surface area contributed by atoms with Crippen LogP contribution in [0.5, 0.6) is 0 Å². The van der Waals surface area contributed by atoms with Crippen LogP contribution in [0.4, 0.5) is 0 Å². The van der Waals surface area contributed by atoms with Crippen molar-refractivity contribution in [3.63, 3.8) is 0 Å². The molecule has 0 atom stereocenters. The molecule has 1 aromatic rings. The lowest BCUT2D eigenvalue weighted by atomic mass is 10.2. The maximum absolute atomic E-state index is 11.7. The van der Waals surface area contributed by atoms with Gasteiger partial charge in [-0.25, -0.2) is 0 Å². The number of carboxylic acids is 1. The molecule has 0 radical (unpaired) electrons. The van der Waals surface area contributed by atoms with E-state index in [-0.39, 0.29) is 18.1 Å². The summed E-state index contributed by atoms with van der Waals surface area (Å²) in [6, 6.07) is 0. The van der Waals surface area contributed by atoms with Crippen LogP contribution in [0.2, 0.25) is 0 Å². The van der Waals surface area contributed by atoms with E-state index in [1.807, 2.05) is 6.92 Å². The largest absolute Gasteiger partial charge is 0.481 e. The fraction of sp³-hybridized carbons (Fsp3) is 0.545. The number of aliphatic carboxylic acids is 1. The third kappa shape index (κ3) is 6.02. The van der Waals surface area contributed by atoms with E-state index in [4.69, 9.17) is 9.63 Å². The standard InChI is InChI=1S/C11H16N2O4S2/c1-2-8-7-13-17-10(8)11(16)12-4-6-19-18-5-3-9(14)15/h7H,2-6H2,1H3,(H,12,16)(H,14,15). The lowest BCUT2D eigenvalue weighted by Gasteiger charge is -2.03. The van der Waals surface area contributed by atoms with Crippen LogP contribution in [0.3, 0.4) is 0 Å². The molecule has 0 saturated carbocycles. The lowest BCUT2D eigenvalue weighted by Crippen LogP contribution is -2.26. The molecule has 0 aliphatic rings. The van der Waals surface area contributed by atoms with E-state index < -0.39 is 5.97 Å². The van der Waals surface area contributed by atoms with Gasteiger partial charge in [0.1, 0.15) is 0 Å². The molecule has 1 amide bonds. The van der Waals surface area contributed by atoms with Gasteiger partial charge in [0.05, 0.1) is 12.6 Å². The normalized spacial score (nSPS) is 10.4. The van der Waals surface area contributed by atoms with Gasteiger partial charge in [0.15, 0.2) is 0 Å². The summed E-state index contributed by atoms with van der Waals surface area (Å²) in [5, 5.41) is 14.8. The number of rotatable bonds is 9. The molecule has 0 aromatic carbocycles. The van der Waals surface area contributed by atoms with E-state index in [1.54, 1.807) is 6.20 Å². The second-order valence-corrected chi connectivity index (χ2v) is 6.28. The zero-order chi connectivity index (χ0) is 14.1. The van der Waals surface area contributed by atoms with Gasteiger partial charge in [0.25, 0.3) is 5.91 Å². The maximum atomic E-state index is 11.7. The van der Waals surface area contributed by atoms with Gasteiger partial charge >= 0.3 is 5.97 Å². The van der Waals surface area contributed by atoms with Crippen molar-refractivity contribution in [3.05, 3.63) is 17.5 Å². The lowest BCUT2D eigenvalue weighted by molar-refractivity contribution is -0.136. The molecule has 0 fully saturated rings. The third-order valence-corrected chi connectivity index (χ3v) is 4.59. The number of nitrogens with one attached hydrogen (secondary N) is 1. The average Bonchev–Trinajstić information content (AvgIpc) is 2.85. The molecule has 1 heterocycles. The quantitative estimate of drug-likeness (QED) is 0.531. The van der Waals surface area contributed by atoms with E-state index >= 15 is 0 Å². The van der Waals surface area contributed by atoms with E-state index in [1.165, 1.54) is 21.6 Å².